The van der Waals surface area contributed by atoms with Crippen molar-refractivity contribution < 1.29 is 9.47 Å². The topological polar surface area (TPSA) is 30.5 Å². The van der Waals surface area contributed by atoms with E-state index in [1.807, 2.05) is 0 Å². The van der Waals surface area contributed by atoms with Crippen LogP contribution in [0.2, 0.25) is 0 Å². The van der Waals surface area contributed by atoms with Gasteiger partial charge in [-0.25, -0.2) is 0 Å². The fraction of sp³-hybridized carbons (Fsp3) is 0.700. The summed E-state index contributed by atoms with van der Waals surface area (Å²) in [6, 6.07) is 0.788. The lowest BCUT2D eigenvalue weighted by Crippen LogP contribution is -2.20. The summed E-state index contributed by atoms with van der Waals surface area (Å²) in [6.45, 7) is 2.60. The number of nitrogens with one attached hydrogen (secondary N) is 1. The summed E-state index contributed by atoms with van der Waals surface area (Å²) in [5.41, 5.74) is 4.57. The molecule has 0 aromatic rings. The predicted molar refractivity (Wildman–Crippen MR) is 94.4 cm³/mol. The lowest BCUT2D eigenvalue weighted by molar-refractivity contribution is 0.146. The van der Waals surface area contributed by atoms with Crippen molar-refractivity contribution in [2.45, 2.75) is 63.8 Å². The van der Waals surface area contributed by atoms with Crippen LogP contribution < -0.4 is 5.32 Å². The minimum absolute atomic E-state index is 0.760. The van der Waals surface area contributed by atoms with Gasteiger partial charge in [-0.05, 0) is 68.6 Å². The van der Waals surface area contributed by atoms with E-state index in [0.717, 1.165) is 50.8 Å². The van der Waals surface area contributed by atoms with Crippen LogP contribution in [-0.2, 0) is 9.47 Å². The summed E-state index contributed by atoms with van der Waals surface area (Å²) in [7, 11) is 1.75. The van der Waals surface area contributed by atoms with Gasteiger partial charge in [0, 0.05) is 32.7 Å². The first kappa shape index (κ1) is 16.8. The van der Waals surface area contributed by atoms with Gasteiger partial charge in [-0.15, -0.1) is 0 Å². The van der Waals surface area contributed by atoms with Crippen LogP contribution in [0.5, 0.6) is 0 Å². The maximum absolute atomic E-state index is 6.11. The van der Waals surface area contributed by atoms with Gasteiger partial charge in [0.2, 0.25) is 0 Å². The molecule has 23 heavy (non-hydrogen) atoms. The van der Waals surface area contributed by atoms with Crippen molar-refractivity contribution in [3.05, 3.63) is 34.6 Å². The zero-order valence-corrected chi connectivity index (χ0v) is 14.5. The first-order chi connectivity index (χ1) is 11.4. The molecule has 0 aromatic heterocycles. The zero-order valence-electron chi connectivity index (χ0n) is 14.5. The first-order valence-corrected chi connectivity index (χ1v) is 9.34. The number of hydrogen-bond donors (Lipinski definition) is 1. The second-order valence-electron chi connectivity index (χ2n) is 6.97. The summed E-state index contributed by atoms with van der Waals surface area (Å²) < 4.78 is 11.2. The molecule has 0 aromatic carbocycles. The van der Waals surface area contributed by atoms with Gasteiger partial charge in [0.25, 0.3) is 0 Å². The predicted octanol–water partition coefficient (Wildman–Crippen LogP) is 4.27. The van der Waals surface area contributed by atoms with Gasteiger partial charge >= 0.3 is 0 Å². The van der Waals surface area contributed by atoms with Gasteiger partial charge in [-0.3, -0.25) is 0 Å². The highest BCUT2D eigenvalue weighted by Crippen LogP contribution is 2.34. The van der Waals surface area contributed by atoms with E-state index < -0.39 is 0 Å². The Bertz CT molecular complexity index is 486. The SMILES string of the molecule is COCCCO/C1=C\CC/C(CNC2CC2)=C\C2=C1CCCC2. The summed E-state index contributed by atoms with van der Waals surface area (Å²) in [4.78, 5) is 0. The maximum Gasteiger partial charge on any atom is 0.118 e. The molecule has 0 aliphatic heterocycles. The van der Waals surface area contributed by atoms with E-state index in [-0.39, 0.29) is 0 Å². The van der Waals surface area contributed by atoms with E-state index >= 15 is 0 Å². The Morgan fingerprint density at radius 3 is 2.83 bits per heavy atom. The van der Waals surface area contributed by atoms with Crippen molar-refractivity contribution in [1.82, 2.24) is 5.32 Å². The van der Waals surface area contributed by atoms with Crippen molar-refractivity contribution in [1.29, 1.82) is 0 Å². The number of ether oxygens (including phenoxy) is 2. The van der Waals surface area contributed by atoms with Crippen LogP contribution in [-0.4, -0.2) is 32.9 Å². The molecular weight excluding hydrogens is 286 g/mol. The van der Waals surface area contributed by atoms with E-state index in [1.165, 1.54) is 49.7 Å². The van der Waals surface area contributed by atoms with Gasteiger partial charge in [-0.2, -0.15) is 0 Å². The summed E-state index contributed by atoms with van der Waals surface area (Å²) >= 11 is 0. The third-order valence-corrected chi connectivity index (χ3v) is 4.93. The van der Waals surface area contributed by atoms with Crippen LogP contribution >= 0.6 is 0 Å². The number of rotatable bonds is 8. The standard InChI is InChI=1S/C20H31NO2/c1-22-12-5-13-23-20-9-4-6-16(15-21-18-10-11-18)14-17-7-2-3-8-19(17)20/h9,14,18,21H,2-8,10-13,15H2,1H3/b16-14+,20-9-. The minimum atomic E-state index is 0.760. The number of allylic oxidation sites excluding steroid dienone is 4. The van der Waals surface area contributed by atoms with E-state index in [9.17, 15) is 0 Å². The average molecular weight is 317 g/mol. The maximum atomic E-state index is 6.11. The monoisotopic (exact) mass is 317 g/mol. The van der Waals surface area contributed by atoms with Crippen LogP contribution in [0.15, 0.2) is 34.6 Å². The minimum Gasteiger partial charge on any atom is -0.494 e. The number of methoxy groups -OCH3 is 1. The molecule has 1 fully saturated rings. The Morgan fingerprint density at radius 2 is 2.00 bits per heavy atom. The molecule has 0 heterocycles. The molecule has 3 rings (SSSR count). The molecule has 0 amide bonds. The molecule has 3 heteroatoms. The lowest BCUT2D eigenvalue weighted by atomic mass is 9.87. The Kier molecular flexibility index (Phi) is 6.35. The molecule has 1 saturated carbocycles. The van der Waals surface area contributed by atoms with Crippen molar-refractivity contribution in [2.24, 2.45) is 0 Å². The average Bonchev–Trinajstić information content (AvgIpc) is 3.37. The molecule has 1 N–H and O–H groups in total. The molecule has 0 atom stereocenters. The molecule has 0 radical (unpaired) electrons. The van der Waals surface area contributed by atoms with Crippen molar-refractivity contribution in [3.8, 4) is 0 Å². The molecule has 3 aliphatic carbocycles. The Morgan fingerprint density at radius 1 is 1.13 bits per heavy atom. The lowest BCUT2D eigenvalue weighted by Gasteiger charge is -2.24. The van der Waals surface area contributed by atoms with Crippen LogP contribution in [0.3, 0.4) is 0 Å². The van der Waals surface area contributed by atoms with Crippen LogP contribution in [0.25, 0.3) is 0 Å². The molecule has 128 valence electrons. The van der Waals surface area contributed by atoms with Crippen molar-refractivity contribution in [2.75, 3.05) is 26.9 Å². The van der Waals surface area contributed by atoms with Crippen LogP contribution in [0.1, 0.15) is 57.8 Å². The van der Waals surface area contributed by atoms with Gasteiger partial charge in [0.1, 0.15) is 5.76 Å². The van der Waals surface area contributed by atoms with Gasteiger partial charge in [0.15, 0.2) is 0 Å². The van der Waals surface area contributed by atoms with E-state index in [1.54, 1.807) is 12.7 Å². The van der Waals surface area contributed by atoms with Crippen LogP contribution in [0, 0.1) is 0 Å². The normalized spacial score (nSPS) is 26.5. The Labute approximate surface area is 140 Å². The highest BCUT2D eigenvalue weighted by atomic mass is 16.5. The molecule has 0 saturated heterocycles. The summed E-state index contributed by atoms with van der Waals surface area (Å²) in [5.74, 6) is 1.15. The van der Waals surface area contributed by atoms with E-state index in [4.69, 9.17) is 9.47 Å². The smallest absolute Gasteiger partial charge is 0.118 e. The summed E-state index contributed by atoms with van der Waals surface area (Å²) in [6.07, 6.45) is 15.7. The Balaban J connectivity index is 1.67. The number of hydrogen-bond acceptors (Lipinski definition) is 3. The molecule has 3 aliphatic rings. The van der Waals surface area contributed by atoms with Gasteiger partial charge < -0.3 is 14.8 Å². The summed E-state index contributed by atoms with van der Waals surface area (Å²) in [5, 5.41) is 3.67. The molecule has 0 unspecified atom stereocenters. The molecule has 3 nitrogen and oxygen atoms in total. The van der Waals surface area contributed by atoms with Crippen LogP contribution in [0.4, 0.5) is 0 Å². The first-order valence-electron chi connectivity index (χ1n) is 9.34. The second kappa shape index (κ2) is 8.70. The van der Waals surface area contributed by atoms with Gasteiger partial charge in [-0.1, -0.05) is 11.6 Å². The molecule has 0 bridgehead atoms. The third-order valence-electron chi connectivity index (χ3n) is 4.93. The molecular formula is C20H31NO2. The second-order valence-corrected chi connectivity index (χ2v) is 6.97. The Hall–Kier alpha value is -1.06. The fourth-order valence-electron chi connectivity index (χ4n) is 3.43. The third kappa shape index (κ3) is 5.22. The fourth-order valence-corrected chi connectivity index (χ4v) is 3.43. The zero-order chi connectivity index (χ0) is 15.9. The van der Waals surface area contributed by atoms with Gasteiger partial charge in [0.05, 0.1) is 6.61 Å². The van der Waals surface area contributed by atoms with E-state index in [2.05, 4.69) is 17.5 Å². The quantitative estimate of drug-likeness (QED) is 0.678. The largest absolute Gasteiger partial charge is 0.494 e. The van der Waals surface area contributed by atoms with E-state index in [0.29, 0.717) is 0 Å². The van der Waals surface area contributed by atoms with Crippen molar-refractivity contribution in [3.63, 3.8) is 0 Å². The molecule has 0 spiro atoms. The highest BCUT2D eigenvalue weighted by molar-refractivity contribution is 5.41. The van der Waals surface area contributed by atoms with Crippen molar-refractivity contribution >= 4 is 0 Å². The highest BCUT2D eigenvalue weighted by Gasteiger charge is 2.22.